The monoisotopic (exact) mass is 212 g/mol. The summed E-state index contributed by atoms with van der Waals surface area (Å²) < 4.78 is 57.1. The number of allylic oxidation sites excluding steroid dienone is 3. The van der Waals surface area contributed by atoms with Crippen LogP contribution in [0.1, 0.15) is 6.42 Å². The van der Waals surface area contributed by atoms with Crippen LogP contribution in [0.3, 0.4) is 0 Å². The third-order valence-electron chi connectivity index (χ3n) is 1.69. The Morgan fingerprint density at radius 1 is 1.38 bits per heavy atom. The van der Waals surface area contributed by atoms with Gasteiger partial charge in [0, 0.05) is 5.57 Å². The van der Waals surface area contributed by atoms with E-state index >= 15 is 0 Å². The van der Waals surface area contributed by atoms with E-state index in [9.17, 15) is 21.6 Å². The van der Waals surface area contributed by atoms with Gasteiger partial charge in [-0.1, -0.05) is 18.2 Å². The third kappa shape index (κ3) is 2.58. The molecule has 0 bridgehead atoms. The normalized spacial score (nSPS) is 23.4. The van der Waals surface area contributed by atoms with Gasteiger partial charge in [-0.3, -0.25) is 0 Å². The van der Waals surface area contributed by atoms with E-state index < -0.39 is 34.1 Å². The molecule has 0 aromatic heterocycles. The number of thiol groups is 1. The Hall–Kier alpha value is -0.780. The minimum absolute atomic E-state index is 0.474. The van der Waals surface area contributed by atoms with Crippen LogP contribution in [0, 0.1) is 0 Å². The zero-order chi connectivity index (χ0) is 10.1. The van der Waals surface area contributed by atoms with E-state index in [4.69, 9.17) is 0 Å². The van der Waals surface area contributed by atoms with Crippen LogP contribution in [0.25, 0.3) is 0 Å². The predicted molar refractivity (Wildman–Crippen MR) is 42.0 cm³/mol. The minimum atomic E-state index is -4.42. The first kappa shape index (κ1) is 10.3. The second-order valence-electron chi connectivity index (χ2n) is 2.63. The van der Waals surface area contributed by atoms with E-state index in [1.807, 2.05) is 0 Å². The zero-order valence-electron chi connectivity index (χ0n) is 6.41. The van der Waals surface area contributed by atoms with Crippen molar-refractivity contribution >= 4 is 10.7 Å². The fraction of sp³-hybridized carbons (Fsp3) is 0.429. The van der Waals surface area contributed by atoms with Crippen molar-refractivity contribution in [2.75, 3.05) is 0 Å². The molecule has 13 heavy (non-hydrogen) atoms. The van der Waals surface area contributed by atoms with Crippen LogP contribution in [0.4, 0.5) is 13.2 Å². The van der Waals surface area contributed by atoms with E-state index in [0.717, 1.165) is 12.2 Å². The maximum absolute atomic E-state index is 12.1. The van der Waals surface area contributed by atoms with Gasteiger partial charge in [-0.25, -0.2) is 8.42 Å². The molecular weight excluding hydrogens is 205 g/mol. The minimum Gasteiger partial charge on any atom is -0.231 e. The van der Waals surface area contributed by atoms with E-state index in [1.165, 1.54) is 6.08 Å². The lowest BCUT2D eigenvalue weighted by molar-refractivity contribution is -0.0939. The Labute approximate surface area is 74.7 Å². The predicted octanol–water partition coefficient (Wildman–Crippen LogP) is 1.42. The van der Waals surface area contributed by atoms with Crippen LogP contribution in [-0.4, -0.2) is 19.8 Å². The topological polar surface area (TPSA) is 34.1 Å². The first-order valence-electron chi connectivity index (χ1n) is 3.49. The van der Waals surface area contributed by atoms with Crippen molar-refractivity contribution in [1.29, 1.82) is 0 Å². The molecular formula is C7H7F3O2S. The van der Waals surface area contributed by atoms with Gasteiger partial charge in [0.1, 0.15) is 10.7 Å². The highest BCUT2D eigenvalue weighted by molar-refractivity contribution is 7.73. The average molecular weight is 212 g/mol. The number of rotatable bonds is 1. The first-order chi connectivity index (χ1) is 5.91. The van der Waals surface area contributed by atoms with Crippen molar-refractivity contribution in [3.05, 3.63) is 23.8 Å². The molecule has 1 rings (SSSR count). The second-order valence-corrected chi connectivity index (χ2v) is 3.87. The third-order valence-corrected chi connectivity index (χ3v) is 2.59. The zero-order valence-corrected chi connectivity index (χ0v) is 7.31. The van der Waals surface area contributed by atoms with Gasteiger partial charge in [-0.15, -0.1) is 0 Å². The van der Waals surface area contributed by atoms with Crippen molar-refractivity contribution in [2.24, 2.45) is 0 Å². The summed E-state index contributed by atoms with van der Waals surface area (Å²) in [5.74, 6) is 0. The molecule has 0 N–H and O–H groups in total. The summed E-state index contributed by atoms with van der Waals surface area (Å²) in [5, 5.41) is -1.02. The van der Waals surface area contributed by atoms with Crippen LogP contribution < -0.4 is 0 Å². The highest BCUT2D eigenvalue weighted by atomic mass is 32.2. The smallest absolute Gasteiger partial charge is 0.231 e. The first-order valence-corrected chi connectivity index (χ1v) is 4.74. The molecule has 2 nitrogen and oxygen atoms in total. The Bertz CT molecular complexity index is 317. The van der Waals surface area contributed by atoms with Crippen LogP contribution in [-0.2, 0) is 10.7 Å². The Kier molecular flexibility index (Phi) is 2.80. The highest BCUT2D eigenvalue weighted by Gasteiger charge is 2.35. The van der Waals surface area contributed by atoms with Crippen molar-refractivity contribution in [3.63, 3.8) is 0 Å². The number of hydrogen-bond acceptors (Lipinski definition) is 2. The van der Waals surface area contributed by atoms with Crippen molar-refractivity contribution in [1.82, 2.24) is 0 Å². The molecule has 0 aromatic rings. The summed E-state index contributed by atoms with van der Waals surface area (Å²) in [6, 6.07) is 0. The lowest BCUT2D eigenvalue weighted by Gasteiger charge is -2.15. The largest absolute Gasteiger partial charge is 0.412 e. The summed E-state index contributed by atoms with van der Waals surface area (Å²) in [4.78, 5) is 0. The summed E-state index contributed by atoms with van der Waals surface area (Å²) in [6.45, 7) is 0. The van der Waals surface area contributed by atoms with Gasteiger partial charge in [-0.2, -0.15) is 13.2 Å². The maximum Gasteiger partial charge on any atom is 0.412 e. The molecule has 6 heteroatoms. The van der Waals surface area contributed by atoms with Gasteiger partial charge in [0.25, 0.3) is 0 Å². The Balaban J connectivity index is 2.84. The fourth-order valence-electron chi connectivity index (χ4n) is 1.02. The van der Waals surface area contributed by atoms with Gasteiger partial charge in [0.05, 0.1) is 5.25 Å². The summed E-state index contributed by atoms with van der Waals surface area (Å²) in [7, 11) is -2.82. The molecule has 0 fully saturated rings. The molecule has 1 aliphatic carbocycles. The van der Waals surface area contributed by atoms with Gasteiger partial charge in [0.15, 0.2) is 0 Å². The number of hydrogen-bond donors (Lipinski definition) is 1. The SMILES string of the molecule is O=[SH](=O)C1C=CC=C(C(F)(F)F)C1. The molecule has 0 aromatic carbocycles. The molecule has 0 spiro atoms. The van der Waals surface area contributed by atoms with Crippen molar-refractivity contribution in [3.8, 4) is 0 Å². The van der Waals surface area contributed by atoms with E-state index in [1.54, 1.807) is 0 Å². The van der Waals surface area contributed by atoms with Gasteiger partial charge in [0.2, 0.25) is 0 Å². The molecule has 1 unspecified atom stereocenters. The van der Waals surface area contributed by atoms with Crippen LogP contribution in [0.15, 0.2) is 23.8 Å². The summed E-state index contributed by atoms with van der Waals surface area (Å²) in [6.07, 6.45) is -1.62. The molecule has 0 aliphatic heterocycles. The number of alkyl halides is 3. The highest BCUT2D eigenvalue weighted by Crippen LogP contribution is 2.31. The molecule has 0 radical (unpaired) electrons. The van der Waals surface area contributed by atoms with Gasteiger partial charge in [-0.05, 0) is 6.42 Å². The lowest BCUT2D eigenvalue weighted by Crippen LogP contribution is -2.20. The summed E-state index contributed by atoms with van der Waals surface area (Å²) in [5.41, 5.74) is -0.792. The van der Waals surface area contributed by atoms with Crippen LogP contribution in [0.2, 0.25) is 0 Å². The average Bonchev–Trinajstić information content (AvgIpc) is 2.03. The standard InChI is InChI=1S/C7H7F3O2S/c8-7(9,10)5-2-1-3-6(4-5)13(11)12/h1-3,6,13H,4H2. The Morgan fingerprint density at radius 2 is 2.00 bits per heavy atom. The molecule has 0 heterocycles. The molecule has 1 atom stereocenters. The molecule has 0 amide bonds. The lowest BCUT2D eigenvalue weighted by atomic mass is 10.0. The summed E-state index contributed by atoms with van der Waals surface area (Å²) >= 11 is 0. The van der Waals surface area contributed by atoms with E-state index in [2.05, 4.69) is 0 Å². The fourth-order valence-corrected chi connectivity index (χ4v) is 1.60. The van der Waals surface area contributed by atoms with E-state index in [-0.39, 0.29) is 0 Å². The van der Waals surface area contributed by atoms with E-state index in [0.29, 0.717) is 0 Å². The van der Waals surface area contributed by atoms with Crippen molar-refractivity contribution in [2.45, 2.75) is 17.8 Å². The second kappa shape index (κ2) is 3.53. The van der Waals surface area contributed by atoms with Crippen molar-refractivity contribution < 1.29 is 21.6 Å². The molecule has 0 saturated carbocycles. The quantitative estimate of drug-likeness (QED) is 0.667. The van der Waals surface area contributed by atoms with Gasteiger partial charge >= 0.3 is 6.18 Å². The molecule has 0 saturated heterocycles. The Morgan fingerprint density at radius 3 is 2.46 bits per heavy atom. The number of halogens is 3. The van der Waals surface area contributed by atoms with Crippen LogP contribution >= 0.6 is 0 Å². The molecule has 74 valence electrons. The van der Waals surface area contributed by atoms with Gasteiger partial charge < -0.3 is 0 Å². The van der Waals surface area contributed by atoms with Crippen LogP contribution in [0.5, 0.6) is 0 Å². The molecule has 1 aliphatic rings. The maximum atomic E-state index is 12.1.